The lowest BCUT2D eigenvalue weighted by molar-refractivity contribution is -0.113. The number of thiazole rings is 1. The van der Waals surface area contributed by atoms with Crippen molar-refractivity contribution in [1.82, 2.24) is 4.98 Å². The predicted octanol–water partition coefficient (Wildman–Crippen LogP) is 5.92. The number of aryl methyl sites for hydroxylation is 4. The van der Waals surface area contributed by atoms with Gasteiger partial charge < -0.3 is 5.32 Å². The summed E-state index contributed by atoms with van der Waals surface area (Å²) in [4.78, 5) is 17.0. The van der Waals surface area contributed by atoms with E-state index in [1.54, 1.807) is 23.1 Å². The van der Waals surface area contributed by atoms with E-state index in [9.17, 15) is 4.79 Å². The lowest BCUT2D eigenvalue weighted by Gasteiger charge is -2.12. The van der Waals surface area contributed by atoms with Crippen LogP contribution < -0.4 is 5.32 Å². The van der Waals surface area contributed by atoms with E-state index in [0.29, 0.717) is 5.75 Å². The van der Waals surface area contributed by atoms with Crippen molar-refractivity contribution < 1.29 is 4.79 Å². The van der Waals surface area contributed by atoms with Crippen LogP contribution in [0.4, 0.5) is 5.69 Å². The maximum absolute atomic E-state index is 12.3. The predicted molar refractivity (Wildman–Crippen MR) is 118 cm³/mol. The van der Waals surface area contributed by atoms with E-state index in [4.69, 9.17) is 4.98 Å². The number of carbonyl (C=O) groups is 1. The Labute approximate surface area is 169 Å². The quantitative estimate of drug-likeness (QED) is 0.563. The van der Waals surface area contributed by atoms with Crippen molar-refractivity contribution in [3.05, 3.63) is 69.7 Å². The fourth-order valence-electron chi connectivity index (χ4n) is 3.00. The first-order valence-electron chi connectivity index (χ1n) is 8.89. The van der Waals surface area contributed by atoms with Gasteiger partial charge in [-0.3, -0.25) is 4.79 Å². The van der Waals surface area contributed by atoms with Gasteiger partial charge in [0.2, 0.25) is 5.91 Å². The average Bonchev–Trinajstić information content (AvgIpc) is 3.07. The number of hydrogen-bond acceptors (Lipinski definition) is 4. The second-order valence-electron chi connectivity index (χ2n) is 6.82. The van der Waals surface area contributed by atoms with E-state index in [1.807, 2.05) is 13.8 Å². The van der Waals surface area contributed by atoms with Gasteiger partial charge in [0.05, 0.1) is 11.4 Å². The van der Waals surface area contributed by atoms with Crippen LogP contribution in [0.3, 0.4) is 0 Å². The Morgan fingerprint density at radius 1 is 1.04 bits per heavy atom. The summed E-state index contributed by atoms with van der Waals surface area (Å²) < 4.78 is 0. The number of thioether (sulfide) groups is 1. The molecule has 0 fully saturated rings. The molecule has 0 unspecified atom stereocenters. The van der Waals surface area contributed by atoms with E-state index in [-0.39, 0.29) is 5.91 Å². The van der Waals surface area contributed by atoms with Crippen LogP contribution in [0, 0.1) is 27.7 Å². The van der Waals surface area contributed by atoms with Crippen LogP contribution in [-0.2, 0) is 10.5 Å². The maximum Gasteiger partial charge on any atom is 0.234 e. The van der Waals surface area contributed by atoms with Crippen LogP contribution in [0.5, 0.6) is 0 Å². The van der Waals surface area contributed by atoms with Gasteiger partial charge in [-0.15, -0.1) is 23.1 Å². The van der Waals surface area contributed by atoms with Crippen molar-refractivity contribution in [3.8, 4) is 10.6 Å². The Morgan fingerprint density at radius 3 is 2.37 bits per heavy atom. The van der Waals surface area contributed by atoms with E-state index >= 15 is 0 Å². The maximum atomic E-state index is 12.3. The molecule has 0 aliphatic carbocycles. The van der Waals surface area contributed by atoms with Gasteiger partial charge in [0.25, 0.3) is 0 Å². The van der Waals surface area contributed by atoms with Gasteiger partial charge in [-0.25, -0.2) is 4.98 Å². The molecular weight excluding hydrogens is 372 g/mol. The molecule has 0 spiro atoms. The highest BCUT2D eigenvalue weighted by Gasteiger charge is 2.10. The molecule has 27 heavy (non-hydrogen) atoms. The van der Waals surface area contributed by atoms with Crippen molar-refractivity contribution >= 4 is 34.7 Å². The number of aromatic nitrogens is 1. The van der Waals surface area contributed by atoms with Crippen molar-refractivity contribution in [2.24, 2.45) is 0 Å². The first kappa shape index (κ1) is 19.6. The summed E-state index contributed by atoms with van der Waals surface area (Å²) in [6.45, 7) is 8.22. The zero-order chi connectivity index (χ0) is 19.4. The molecule has 0 aliphatic heterocycles. The smallest absolute Gasteiger partial charge is 0.234 e. The summed E-state index contributed by atoms with van der Waals surface area (Å²) in [5.74, 6) is 1.19. The number of nitrogens with zero attached hydrogens (tertiary/aromatic N) is 1. The molecule has 1 amide bonds. The largest absolute Gasteiger partial charge is 0.325 e. The van der Waals surface area contributed by atoms with Gasteiger partial charge >= 0.3 is 0 Å². The first-order valence-corrected chi connectivity index (χ1v) is 10.9. The Balaban J connectivity index is 1.53. The molecule has 0 radical (unpaired) electrons. The SMILES string of the molecule is Cc1ccc(-c2nc(CSCC(=O)Nc3c(C)cc(C)cc3C)cs2)cc1. The molecule has 0 bridgehead atoms. The van der Waals surface area contributed by atoms with Gasteiger partial charge in [-0.1, -0.05) is 47.5 Å². The highest BCUT2D eigenvalue weighted by molar-refractivity contribution is 7.99. The summed E-state index contributed by atoms with van der Waals surface area (Å²) in [6, 6.07) is 12.6. The number of nitrogens with one attached hydrogen (secondary N) is 1. The third-order valence-corrected chi connectivity index (χ3v) is 6.18. The highest BCUT2D eigenvalue weighted by atomic mass is 32.2. The van der Waals surface area contributed by atoms with Crippen LogP contribution in [0.15, 0.2) is 41.8 Å². The van der Waals surface area contributed by atoms with E-state index in [2.05, 4.69) is 60.9 Å². The molecule has 3 aromatic rings. The van der Waals surface area contributed by atoms with Gasteiger partial charge in [0.15, 0.2) is 0 Å². The van der Waals surface area contributed by atoms with Gasteiger partial charge in [0, 0.05) is 22.4 Å². The highest BCUT2D eigenvalue weighted by Crippen LogP contribution is 2.26. The van der Waals surface area contributed by atoms with Crippen molar-refractivity contribution in [1.29, 1.82) is 0 Å². The van der Waals surface area contributed by atoms with Crippen LogP contribution in [-0.4, -0.2) is 16.6 Å². The standard InChI is InChI=1S/C22H24N2OS2/c1-14-5-7-18(8-6-14)22-23-19(12-27-22)11-26-13-20(25)24-21-16(3)9-15(2)10-17(21)4/h5-10,12H,11,13H2,1-4H3,(H,24,25). The minimum Gasteiger partial charge on any atom is -0.325 e. The molecule has 1 N–H and O–H groups in total. The molecule has 0 atom stereocenters. The average molecular weight is 397 g/mol. The van der Waals surface area contributed by atoms with Crippen LogP contribution in [0.25, 0.3) is 10.6 Å². The summed E-state index contributed by atoms with van der Waals surface area (Å²) >= 11 is 3.24. The molecule has 0 saturated carbocycles. The van der Waals surface area contributed by atoms with E-state index < -0.39 is 0 Å². The minimum atomic E-state index is 0.0315. The fourth-order valence-corrected chi connectivity index (χ4v) is 4.65. The molecule has 0 saturated heterocycles. The fraction of sp³-hybridized carbons (Fsp3) is 0.273. The number of amides is 1. The molecule has 2 aromatic carbocycles. The second kappa shape index (κ2) is 8.72. The third kappa shape index (κ3) is 5.21. The lowest BCUT2D eigenvalue weighted by atomic mass is 10.1. The molecule has 0 aliphatic rings. The van der Waals surface area contributed by atoms with E-state index in [0.717, 1.165) is 38.8 Å². The Hall–Kier alpha value is -2.11. The zero-order valence-electron chi connectivity index (χ0n) is 16.1. The van der Waals surface area contributed by atoms with Crippen LogP contribution >= 0.6 is 23.1 Å². The van der Waals surface area contributed by atoms with E-state index in [1.165, 1.54) is 11.1 Å². The number of rotatable bonds is 6. The summed E-state index contributed by atoms with van der Waals surface area (Å²) in [6.07, 6.45) is 0. The molecular formula is C22H24N2OS2. The Bertz CT molecular complexity index is 922. The van der Waals surface area contributed by atoms with Crippen molar-refractivity contribution in [2.45, 2.75) is 33.4 Å². The Kier molecular flexibility index (Phi) is 6.34. The topological polar surface area (TPSA) is 42.0 Å². The van der Waals surface area contributed by atoms with Crippen molar-refractivity contribution in [2.75, 3.05) is 11.1 Å². The number of hydrogen-bond donors (Lipinski definition) is 1. The first-order chi connectivity index (χ1) is 12.9. The summed E-state index contributed by atoms with van der Waals surface area (Å²) in [5.41, 5.74) is 7.77. The second-order valence-corrected chi connectivity index (χ2v) is 8.67. The molecule has 1 heterocycles. The lowest BCUT2D eigenvalue weighted by Crippen LogP contribution is -2.16. The van der Waals surface area contributed by atoms with Gasteiger partial charge in [0.1, 0.15) is 5.01 Å². The van der Waals surface area contributed by atoms with Crippen LogP contribution in [0.2, 0.25) is 0 Å². The number of benzene rings is 2. The van der Waals surface area contributed by atoms with Gasteiger partial charge in [-0.2, -0.15) is 0 Å². The summed E-state index contributed by atoms with van der Waals surface area (Å²) in [7, 11) is 0. The third-order valence-electron chi connectivity index (χ3n) is 4.27. The Morgan fingerprint density at radius 2 is 1.70 bits per heavy atom. The van der Waals surface area contributed by atoms with Gasteiger partial charge in [-0.05, 0) is 38.8 Å². The number of anilines is 1. The number of carbonyl (C=O) groups excluding carboxylic acids is 1. The normalized spacial score (nSPS) is 10.8. The zero-order valence-corrected chi connectivity index (χ0v) is 17.8. The molecule has 5 heteroatoms. The van der Waals surface area contributed by atoms with Crippen LogP contribution in [0.1, 0.15) is 27.9 Å². The molecule has 3 rings (SSSR count). The van der Waals surface area contributed by atoms with Crippen molar-refractivity contribution in [3.63, 3.8) is 0 Å². The summed E-state index contributed by atoms with van der Waals surface area (Å²) in [5, 5.41) is 6.16. The molecule has 3 nitrogen and oxygen atoms in total. The monoisotopic (exact) mass is 396 g/mol. The molecule has 1 aromatic heterocycles. The minimum absolute atomic E-state index is 0.0315. The molecule has 140 valence electrons.